The second-order valence-corrected chi connectivity index (χ2v) is 4.78. The van der Waals surface area contributed by atoms with E-state index in [0.717, 1.165) is 19.5 Å². The van der Waals surface area contributed by atoms with Crippen LogP contribution in [0.15, 0.2) is 24.3 Å². The average Bonchev–Trinajstić information content (AvgIpc) is 2.41. The van der Waals surface area contributed by atoms with Crippen LogP contribution < -0.4 is 15.4 Å². The van der Waals surface area contributed by atoms with Crippen LogP contribution >= 0.6 is 12.4 Å². The van der Waals surface area contributed by atoms with Gasteiger partial charge in [0.2, 0.25) is 0 Å². The molecule has 0 bridgehead atoms. The molecule has 0 radical (unpaired) electrons. The first kappa shape index (κ1) is 15.8. The number of hydrogen-bond donors (Lipinski definition) is 2. The molecular weight excluding hydrogens is 264 g/mol. The zero-order valence-electron chi connectivity index (χ0n) is 11.3. The van der Waals surface area contributed by atoms with Crippen LogP contribution in [0.2, 0.25) is 0 Å². The van der Waals surface area contributed by atoms with Gasteiger partial charge in [-0.2, -0.15) is 0 Å². The van der Waals surface area contributed by atoms with Gasteiger partial charge >= 0.3 is 0 Å². The van der Waals surface area contributed by atoms with Crippen LogP contribution in [-0.2, 0) is 0 Å². The average molecular weight is 285 g/mol. The monoisotopic (exact) mass is 284 g/mol. The highest BCUT2D eigenvalue weighted by Crippen LogP contribution is 2.15. The molecule has 1 aromatic carbocycles. The van der Waals surface area contributed by atoms with Crippen molar-refractivity contribution in [3.63, 3.8) is 0 Å². The first-order valence-electron chi connectivity index (χ1n) is 6.36. The van der Waals surface area contributed by atoms with E-state index in [2.05, 4.69) is 17.6 Å². The molecule has 2 unspecified atom stereocenters. The van der Waals surface area contributed by atoms with Crippen LogP contribution in [0.5, 0.6) is 5.75 Å². The molecule has 5 heteroatoms. The van der Waals surface area contributed by atoms with Crippen molar-refractivity contribution in [1.29, 1.82) is 0 Å². The van der Waals surface area contributed by atoms with E-state index < -0.39 is 0 Å². The standard InChI is InChI=1S/C14H20N2O2.ClH/c1-10-9-15-7-6-13(10)16-14(17)11-4-3-5-12(8-11)18-2;/h3-5,8,10,13,15H,6-7,9H2,1-2H3,(H,16,17);1H. The summed E-state index contributed by atoms with van der Waals surface area (Å²) in [6.07, 6.45) is 0.983. The van der Waals surface area contributed by atoms with E-state index in [-0.39, 0.29) is 24.4 Å². The van der Waals surface area contributed by atoms with Gasteiger partial charge in [-0.3, -0.25) is 4.79 Å². The fourth-order valence-electron chi connectivity index (χ4n) is 2.24. The molecule has 1 saturated heterocycles. The number of halogens is 1. The molecule has 1 fully saturated rings. The molecule has 0 aromatic heterocycles. The molecule has 1 amide bonds. The highest BCUT2D eigenvalue weighted by Gasteiger charge is 2.23. The molecule has 0 spiro atoms. The normalized spacial score (nSPS) is 22.2. The van der Waals surface area contributed by atoms with Crippen LogP contribution in [0.4, 0.5) is 0 Å². The minimum Gasteiger partial charge on any atom is -0.497 e. The molecule has 0 saturated carbocycles. The zero-order valence-corrected chi connectivity index (χ0v) is 12.1. The lowest BCUT2D eigenvalue weighted by molar-refractivity contribution is 0.0914. The fraction of sp³-hybridized carbons (Fsp3) is 0.500. The van der Waals surface area contributed by atoms with Crippen molar-refractivity contribution in [2.24, 2.45) is 5.92 Å². The highest BCUT2D eigenvalue weighted by molar-refractivity contribution is 5.94. The minimum atomic E-state index is -0.0207. The molecule has 2 rings (SSSR count). The summed E-state index contributed by atoms with van der Waals surface area (Å²) in [5.74, 6) is 1.15. The van der Waals surface area contributed by atoms with Gasteiger partial charge in [0.1, 0.15) is 5.75 Å². The highest BCUT2D eigenvalue weighted by atomic mass is 35.5. The van der Waals surface area contributed by atoms with Gasteiger partial charge in [0, 0.05) is 11.6 Å². The summed E-state index contributed by atoms with van der Waals surface area (Å²) in [5, 5.41) is 6.43. The van der Waals surface area contributed by atoms with Gasteiger partial charge in [0.25, 0.3) is 5.91 Å². The van der Waals surface area contributed by atoms with Gasteiger partial charge in [-0.15, -0.1) is 12.4 Å². The lowest BCUT2D eigenvalue weighted by Crippen LogP contribution is -2.48. The Hall–Kier alpha value is -1.26. The zero-order chi connectivity index (χ0) is 13.0. The third-order valence-electron chi connectivity index (χ3n) is 3.43. The number of carbonyl (C=O) groups excluding carboxylic acids is 1. The summed E-state index contributed by atoms with van der Waals surface area (Å²) in [6.45, 7) is 4.08. The summed E-state index contributed by atoms with van der Waals surface area (Å²) in [7, 11) is 1.60. The van der Waals surface area contributed by atoms with Crippen molar-refractivity contribution >= 4 is 18.3 Å². The molecule has 1 heterocycles. The van der Waals surface area contributed by atoms with Gasteiger partial charge in [-0.1, -0.05) is 13.0 Å². The van der Waals surface area contributed by atoms with Gasteiger partial charge in [-0.25, -0.2) is 0 Å². The third kappa shape index (κ3) is 4.11. The Labute approximate surface area is 120 Å². The van der Waals surface area contributed by atoms with Crippen LogP contribution in [0, 0.1) is 5.92 Å². The van der Waals surface area contributed by atoms with Crippen LogP contribution in [0.25, 0.3) is 0 Å². The Morgan fingerprint density at radius 3 is 2.95 bits per heavy atom. The van der Waals surface area contributed by atoms with E-state index in [1.807, 2.05) is 18.2 Å². The van der Waals surface area contributed by atoms with Gasteiger partial charge in [0.05, 0.1) is 7.11 Å². The quantitative estimate of drug-likeness (QED) is 0.891. The van der Waals surface area contributed by atoms with Gasteiger partial charge in [-0.05, 0) is 43.6 Å². The van der Waals surface area contributed by atoms with Crippen LogP contribution in [0.1, 0.15) is 23.7 Å². The summed E-state index contributed by atoms with van der Waals surface area (Å²) >= 11 is 0. The van der Waals surface area contributed by atoms with E-state index in [1.54, 1.807) is 13.2 Å². The maximum Gasteiger partial charge on any atom is 0.251 e. The SMILES string of the molecule is COc1cccc(C(=O)NC2CCNCC2C)c1.Cl. The Morgan fingerprint density at radius 1 is 1.47 bits per heavy atom. The number of methoxy groups -OCH3 is 1. The summed E-state index contributed by atoms with van der Waals surface area (Å²) in [5.41, 5.74) is 0.653. The summed E-state index contributed by atoms with van der Waals surface area (Å²) < 4.78 is 5.13. The van der Waals surface area contributed by atoms with Crippen molar-refractivity contribution in [1.82, 2.24) is 10.6 Å². The minimum absolute atomic E-state index is 0. The van der Waals surface area contributed by atoms with Crippen molar-refractivity contribution in [3.8, 4) is 5.75 Å². The number of ether oxygens (including phenoxy) is 1. The number of piperidine rings is 1. The molecule has 4 nitrogen and oxygen atoms in total. The van der Waals surface area contributed by atoms with Crippen molar-refractivity contribution in [3.05, 3.63) is 29.8 Å². The van der Waals surface area contributed by atoms with Crippen LogP contribution in [0.3, 0.4) is 0 Å². The predicted octanol–water partition coefficient (Wildman–Crippen LogP) is 1.84. The maximum absolute atomic E-state index is 12.1. The van der Waals surface area contributed by atoms with Crippen molar-refractivity contribution in [2.75, 3.05) is 20.2 Å². The van der Waals surface area contributed by atoms with E-state index in [0.29, 0.717) is 17.2 Å². The summed E-state index contributed by atoms with van der Waals surface area (Å²) in [6, 6.07) is 7.50. The van der Waals surface area contributed by atoms with E-state index >= 15 is 0 Å². The smallest absolute Gasteiger partial charge is 0.251 e. The number of nitrogens with one attached hydrogen (secondary N) is 2. The molecule has 1 aliphatic rings. The lowest BCUT2D eigenvalue weighted by Gasteiger charge is -2.30. The fourth-order valence-corrected chi connectivity index (χ4v) is 2.24. The molecular formula is C14H21ClN2O2. The number of rotatable bonds is 3. The Bertz CT molecular complexity index is 426. The molecule has 2 N–H and O–H groups in total. The molecule has 2 atom stereocenters. The second-order valence-electron chi connectivity index (χ2n) is 4.78. The number of carbonyl (C=O) groups is 1. The van der Waals surface area contributed by atoms with Gasteiger partial charge < -0.3 is 15.4 Å². The molecule has 0 aliphatic carbocycles. The number of benzene rings is 1. The second kappa shape index (κ2) is 7.36. The molecule has 106 valence electrons. The van der Waals surface area contributed by atoms with E-state index in [9.17, 15) is 4.79 Å². The predicted molar refractivity (Wildman–Crippen MR) is 78.1 cm³/mol. The maximum atomic E-state index is 12.1. The van der Waals surface area contributed by atoms with E-state index in [1.165, 1.54) is 0 Å². The Morgan fingerprint density at radius 2 is 2.26 bits per heavy atom. The van der Waals surface area contributed by atoms with Gasteiger partial charge in [0.15, 0.2) is 0 Å². The first-order valence-corrected chi connectivity index (χ1v) is 6.36. The third-order valence-corrected chi connectivity index (χ3v) is 3.43. The first-order chi connectivity index (χ1) is 8.70. The topological polar surface area (TPSA) is 50.4 Å². The van der Waals surface area contributed by atoms with Crippen molar-refractivity contribution < 1.29 is 9.53 Å². The lowest BCUT2D eigenvalue weighted by atomic mass is 9.95. The molecule has 1 aromatic rings. The molecule has 19 heavy (non-hydrogen) atoms. The Kier molecular flexibility index (Phi) is 6.12. The van der Waals surface area contributed by atoms with Crippen LogP contribution in [-0.4, -0.2) is 32.1 Å². The Balaban J connectivity index is 0.00000180. The summed E-state index contributed by atoms with van der Waals surface area (Å²) in [4.78, 5) is 12.1. The van der Waals surface area contributed by atoms with Crippen molar-refractivity contribution in [2.45, 2.75) is 19.4 Å². The number of hydrogen-bond acceptors (Lipinski definition) is 3. The number of amides is 1. The van der Waals surface area contributed by atoms with E-state index in [4.69, 9.17) is 4.74 Å². The molecule has 1 aliphatic heterocycles. The largest absolute Gasteiger partial charge is 0.497 e.